The van der Waals surface area contributed by atoms with E-state index in [1.165, 1.54) is 22.6 Å². The molecule has 2 nitrogen and oxygen atoms in total. The molecule has 2 aromatic carbocycles. The second kappa shape index (κ2) is 9.47. The maximum Gasteiger partial charge on any atom is 0.0635 e. The highest BCUT2D eigenvalue weighted by atomic mass is 14.7. The molecule has 0 bridgehead atoms. The minimum atomic E-state index is 0.634. The summed E-state index contributed by atoms with van der Waals surface area (Å²) < 4.78 is 0. The number of benzene rings is 2. The minimum absolute atomic E-state index is 0.634. The molecular formula is C24H32N2. The highest BCUT2D eigenvalue weighted by Crippen LogP contribution is 2.27. The fourth-order valence-electron chi connectivity index (χ4n) is 3.20. The van der Waals surface area contributed by atoms with E-state index in [0.29, 0.717) is 11.8 Å². The Hall–Kier alpha value is -2.22. The SMILES string of the molecule is CC(CC(C)C)=Nc1ccc(-c2cccc(N=C(C)CC(C)C)c2)cc1. The largest absolute Gasteiger partial charge is 0.258 e. The van der Waals surface area contributed by atoms with Gasteiger partial charge in [-0.05, 0) is 73.9 Å². The Morgan fingerprint density at radius 2 is 1.23 bits per heavy atom. The minimum Gasteiger partial charge on any atom is -0.258 e. The van der Waals surface area contributed by atoms with Crippen molar-refractivity contribution in [2.75, 3.05) is 0 Å². The molecule has 0 aliphatic rings. The maximum atomic E-state index is 4.76. The van der Waals surface area contributed by atoms with Gasteiger partial charge in [0.1, 0.15) is 0 Å². The highest BCUT2D eigenvalue weighted by Gasteiger charge is 2.02. The van der Waals surface area contributed by atoms with Gasteiger partial charge < -0.3 is 0 Å². The van der Waals surface area contributed by atoms with E-state index < -0.39 is 0 Å². The third-order valence-corrected chi connectivity index (χ3v) is 4.09. The Balaban J connectivity index is 2.18. The molecule has 0 amide bonds. The fourth-order valence-corrected chi connectivity index (χ4v) is 3.20. The topological polar surface area (TPSA) is 24.7 Å². The van der Waals surface area contributed by atoms with Gasteiger partial charge in [0, 0.05) is 11.4 Å². The lowest BCUT2D eigenvalue weighted by molar-refractivity contribution is 0.682. The lowest BCUT2D eigenvalue weighted by atomic mass is 10.0. The molecular weight excluding hydrogens is 316 g/mol. The third kappa shape index (κ3) is 6.59. The zero-order valence-electron chi connectivity index (χ0n) is 17.1. The molecule has 0 fully saturated rings. The summed E-state index contributed by atoms with van der Waals surface area (Å²) in [6.45, 7) is 13.1. The van der Waals surface area contributed by atoms with E-state index in [1.807, 2.05) is 0 Å². The van der Waals surface area contributed by atoms with Gasteiger partial charge >= 0.3 is 0 Å². The molecule has 0 aromatic heterocycles. The van der Waals surface area contributed by atoms with Gasteiger partial charge in [-0.15, -0.1) is 0 Å². The first-order chi connectivity index (χ1) is 12.3. The number of hydrogen-bond acceptors (Lipinski definition) is 2. The average Bonchev–Trinajstić information content (AvgIpc) is 2.54. The number of aliphatic imine (C=N–C) groups is 2. The maximum absolute atomic E-state index is 4.76. The summed E-state index contributed by atoms with van der Waals surface area (Å²) in [5, 5.41) is 0. The Morgan fingerprint density at radius 3 is 1.77 bits per heavy atom. The molecule has 0 unspecified atom stereocenters. The summed E-state index contributed by atoms with van der Waals surface area (Å²) in [5.74, 6) is 1.27. The first-order valence-electron chi connectivity index (χ1n) is 9.62. The summed E-state index contributed by atoms with van der Waals surface area (Å²) in [7, 11) is 0. The van der Waals surface area contributed by atoms with Crippen molar-refractivity contribution in [1.82, 2.24) is 0 Å². The van der Waals surface area contributed by atoms with Crippen LogP contribution in [0, 0.1) is 11.8 Å². The van der Waals surface area contributed by atoms with Crippen LogP contribution in [0.1, 0.15) is 54.4 Å². The van der Waals surface area contributed by atoms with Gasteiger partial charge in [-0.3, -0.25) is 9.98 Å². The van der Waals surface area contributed by atoms with Gasteiger partial charge in [0.25, 0.3) is 0 Å². The molecule has 0 aliphatic carbocycles. The zero-order valence-corrected chi connectivity index (χ0v) is 17.1. The van der Waals surface area contributed by atoms with Crippen molar-refractivity contribution in [3.8, 4) is 11.1 Å². The van der Waals surface area contributed by atoms with Gasteiger partial charge in [-0.1, -0.05) is 52.0 Å². The highest BCUT2D eigenvalue weighted by molar-refractivity contribution is 5.86. The van der Waals surface area contributed by atoms with Crippen molar-refractivity contribution in [3.05, 3.63) is 48.5 Å². The van der Waals surface area contributed by atoms with Gasteiger partial charge in [-0.25, -0.2) is 0 Å². The number of rotatable bonds is 7. The number of hydrogen-bond donors (Lipinski definition) is 0. The molecule has 0 aliphatic heterocycles. The first kappa shape index (κ1) is 20.1. The van der Waals surface area contributed by atoms with E-state index >= 15 is 0 Å². The van der Waals surface area contributed by atoms with Gasteiger partial charge in [0.05, 0.1) is 11.4 Å². The van der Waals surface area contributed by atoms with Crippen molar-refractivity contribution in [1.29, 1.82) is 0 Å². The summed E-state index contributed by atoms with van der Waals surface area (Å²) >= 11 is 0. The predicted molar refractivity (Wildman–Crippen MR) is 116 cm³/mol. The summed E-state index contributed by atoms with van der Waals surface area (Å²) in [6, 6.07) is 16.9. The van der Waals surface area contributed by atoms with Gasteiger partial charge in [0.2, 0.25) is 0 Å². The van der Waals surface area contributed by atoms with Crippen LogP contribution in [-0.4, -0.2) is 11.4 Å². The Bertz CT molecular complexity index is 765. The normalized spacial score (nSPS) is 12.9. The van der Waals surface area contributed by atoms with E-state index in [-0.39, 0.29) is 0 Å². The molecule has 0 spiro atoms. The van der Waals surface area contributed by atoms with E-state index in [9.17, 15) is 0 Å². The molecule has 0 radical (unpaired) electrons. The van der Waals surface area contributed by atoms with Crippen LogP contribution in [0.25, 0.3) is 11.1 Å². The molecule has 2 aromatic rings. The van der Waals surface area contributed by atoms with Gasteiger partial charge in [0.15, 0.2) is 0 Å². The van der Waals surface area contributed by atoms with E-state index in [2.05, 4.69) is 90.1 Å². The predicted octanol–water partition coefficient (Wildman–Crippen LogP) is 7.63. The van der Waals surface area contributed by atoms with Crippen molar-refractivity contribution in [3.63, 3.8) is 0 Å². The van der Waals surface area contributed by atoms with Crippen LogP contribution in [0.2, 0.25) is 0 Å². The molecule has 2 rings (SSSR count). The molecule has 0 N–H and O–H groups in total. The molecule has 2 heteroatoms. The molecule has 0 heterocycles. The van der Waals surface area contributed by atoms with E-state index in [0.717, 1.165) is 24.2 Å². The smallest absolute Gasteiger partial charge is 0.0635 e. The van der Waals surface area contributed by atoms with Crippen molar-refractivity contribution < 1.29 is 0 Å². The second-order valence-electron chi connectivity index (χ2n) is 7.99. The summed E-state index contributed by atoms with van der Waals surface area (Å²) in [6.07, 6.45) is 2.07. The van der Waals surface area contributed by atoms with Crippen LogP contribution in [0.15, 0.2) is 58.5 Å². The summed E-state index contributed by atoms with van der Waals surface area (Å²) in [5.41, 5.74) is 6.80. The standard InChI is InChI=1S/C24H32N2/c1-17(2)14-19(5)25-23-12-10-21(11-13-23)22-8-7-9-24(16-22)26-20(6)15-18(3)4/h7-13,16-18H,14-15H2,1-6H3. The van der Waals surface area contributed by atoms with Gasteiger partial charge in [-0.2, -0.15) is 0 Å². The quantitative estimate of drug-likeness (QED) is 0.459. The molecule has 26 heavy (non-hydrogen) atoms. The third-order valence-electron chi connectivity index (χ3n) is 4.09. The second-order valence-corrected chi connectivity index (χ2v) is 7.99. The van der Waals surface area contributed by atoms with Crippen molar-refractivity contribution >= 4 is 22.8 Å². The average molecular weight is 349 g/mol. The van der Waals surface area contributed by atoms with Crippen LogP contribution in [0.4, 0.5) is 11.4 Å². The summed E-state index contributed by atoms with van der Waals surface area (Å²) in [4.78, 5) is 9.48. The van der Waals surface area contributed by atoms with E-state index in [4.69, 9.17) is 9.98 Å². The fraction of sp³-hybridized carbons (Fsp3) is 0.417. The van der Waals surface area contributed by atoms with Crippen LogP contribution < -0.4 is 0 Å². The van der Waals surface area contributed by atoms with E-state index in [1.54, 1.807) is 0 Å². The Morgan fingerprint density at radius 1 is 0.692 bits per heavy atom. The Kier molecular flexibility index (Phi) is 7.32. The van der Waals surface area contributed by atoms with Crippen LogP contribution in [0.3, 0.4) is 0 Å². The molecule has 138 valence electrons. The van der Waals surface area contributed by atoms with Crippen molar-refractivity contribution in [2.24, 2.45) is 21.8 Å². The molecule has 0 saturated heterocycles. The number of nitrogens with zero attached hydrogens (tertiary/aromatic N) is 2. The van der Waals surface area contributed by atoms with Crippen LogP contribution in [0.5, 0.6) is 0 Å². The lowest BCUT2D eigenvalue weighted by Crippen LogP contribution is -1.97. The monoisotopic (exact) mass is 348 g/mol. The Labute approximate surface area is 159 Å². The zero-order chi connectivity index (χ0) is 19.1. The molecule has 0 atom stereocenters. The van der Waals surface area contributed by atoms with Crippen LogP contribution in [-0.2, 0) is 0 Å². The van der Waals surface area contributed by atoms with Crippen molar-refractivity contribution in [2.45, 2.75) is 54.4 Å². The molecule has 0 saturated carbocycles. The lowest BCUT2D eigenvalue weighted by Gasteiger charge is -2.07. The first-order valence-corrected chi connectivity index (χ1v) is 9.62. The van der Waals surface area contributed by atoms with Crippen LogP contribution >= 0.6 is 0 Å².